The average Bonchev–Trinajstić information content (AvgIpc) is 2.90. The number of unbranched alkanes of at least 4 members (excludes halogenated alkanes) is 2. The van der Waals surface area contributed by atoms with Gasteiger partial charge in [-0.1, -0.05) is 24.3 Å². The smallest absolute Gasteiger partial charge is 0.233 e. The van der Waals surface area contributed by atoms with Crippen LogP contribution in [0.15, 0.2) is 72.8 Å². The van der Waals surface area contributed by atoms with Crippen LogP contribution in [0.1, 0.15) is 55.4 Å². The highest BCUT2D eigenvalue weighted by molar-refractivity contribution is 6.03. The normalized spacial score (nSPS) is 17.6. The number of nitrogens with zero attached hydrogens (tertiary/aromatic N) is 2. The highest BCUT2D eigenvalue weighted by atomic mass is 79.9. The van der Waals surface area contributed by atoms with Crippen LogP contribution in [-0.4, -0.2) is 49.8 Å². The van der Waals surface area contributed by atoms with E-state index < -0.39 is 6.10 Å². The molecule has 0 spiro atoms. The molecule has 3 aromatic carbocycles. The predicted octanol–water partition coefficient (Wildman–Crippen LogP) is 3.44. The lowest BCUT2D eigenvalue weighted by Crippen LogP contribution is -3.00. The van der Waals surface area contributed by atoms with Gasteiger partial charge in [0.05, 0.1) is 52.4 Å². The summed E-state index contributed by atoms with van der Waals surface area (Å²) in [7, 11) is 6.59. The standard InChI is InChI=1S/C32H39F2N2O3.BrH/c1-36(2,3)21-5-4-6-22-39-28-17-9-24(10-18-28)31-29(19-20-30(37)23-7-11-25(33)12-8-23)32(38)35(31)27-15-13-26(34)14-16-27;/h7-18,29-31,37H,4-6,19-22H2,1-3H3;1H/q+1;/p-1. The van der Waals surface area contributed by atoms with Gasteiger partial charge in [0.15, 0.2) is 0 Å². The Balaban J connectivity index is 0.00000441. The molecule has 0 aliphatic carbocycles. The zero-order valence-electron chi connectivity index (χ0n) is 23.4. The molecule has 3 atom stereocenters. The van der Waals surface area contributed by atoms with Gasteiger partial charge in [-0.2, -0.15) is 0 Å². The minimum Gasteiger partial charge on any atom is -1.00 e. The first-order valence-electron chi connectivity index (χ1n) is 13.7. The maximum atomic E-state index is 13.6. The van der Waals surface area contributed by atoms with Crippen molar-refractivity contribution in [1.82, 2.24) is 0 Å². The molecule has 3 unspecified atom stereocenters. The van der Waals surface area contributed by atoms with Crippen LogP contribution >= 0.6 is 0 Å². The summed E-state index contributed by atoms with van der Waals surface area (Å²) in [5, 5.41) is 10.6. The van der Waals surface area contributed by atoms with Gasteiger partial charge < -0.3 is 36.2 Å². The predicted molar refractivity (Wildman–Crippen MR) is 149 cm³/mol. The van der Waals surface area contributed by atoms with Gasteiger partial charge in [-0.3, -0.25) is 4.79 Å². The van der Waals surface area contributed by atoms with Crippen molar-refractivity contribution in [2.75, 3.05) is 39.2 Å². The summed E-state index contributed by atoms with van der Waals surface area (Å²) in [5.74, 6) is -0.332. The Kier molecular flexibility index (Phi) is 11.3. The van der Waals surface area contributed by atoms with Crippen molar-refractivity contribution in [1.29, 1.82) is 0 Å². The molecule has 5 nitrogen and oxygen atoms in total. The van der Waals surface area contributed by atoms with E-state index in [-0.39, 0.29) is 46.5 Å². The molecule has 1 saturated heterocycles. The molecule has 1 aliphatic heterocycles. The van der Waals surface area contributed by atoms with Crippen LogP contribution in [0.2, 0.25) is 0 Å². The van der Waals surface area contributed by atoms with Crippen LogP contribution in [0, 0.1) is 17.6 Å². The molecule has 1 aliphatic rings. The van der Waals surface area contributed by atoms with Gasteiger partial charge in [0.1, 0.15) is 17.4 Å². The molecule has 0 saturated carbocycles. The van der Waals surface area contributed by atoms with Crippen LogP contribution in [0.25, 0.3) is 0 Å². The number of rotatable bonds is 13. The van der Waals surface area contributed by atoms with Gasteiger partial charge in [0.2, 0.25) is 5.91 Å². The third-order valence-corrected chi connectivity index (χ3v) is 7.29. The first-order chi connectivity index (χ1) is 18.6. The topological polar surface area (TPSA) is 49.8 Å². The van der Waals surface area contributed by atoms with Crippen LogP contribution < -0.4 is 26.6 Å². The number of ether oxygens (including phenoxy) is 1. The summed E-state index contributed by atoms with van der Waals surface area (Å²) in [5.41, 5.74) is 2.21. The van der Waals surface area contributed by atoms with E-state index in [4.69, 9.17) is 4.74 Å². The van der Waals surface area contributed by atoms with Crippen molar-refractivity contribution in [2.24, 2.45) is 5.92 Å². The molecule has 0 aromatic heterocycles. The molecular formula is C32H39BrF2N2O3. The number of aliphatic hydroxyl groups is 1. The monoisotopic (exact) mass is 616 g/mol. The first kappa shape index (κ1) is 31.7. The van der Waals surface area contributed by atoms with Gasteiger partial charge in [-0.15, -0.1) is 0 Å². The second kappa shape index (κ2) is 14.2. The fourth-order valence-electron chi connectivity index (χ4n) is 5.11. The maximum absolute atomic E-state index is 13.6. The third kappa shape index (κ3) is 8.35. The number of carbonyl (C=O) groups is 1. The van der Waals surface area contributed by atoms with E-state index in [2.05, 4.69) is 21.1 Å². The van der Waals surface area contributed by atoms with Crippen molar-refractivity contribution >= 4 is 11.6 Å². The Hall–Kier alpha value is -2.81. The zero-order chi connectivity index (χ0) is 28.0. The molecule has 0 bridgehead atoms. The molecule has 40 heavy (non-hydrogen) atoms. The van der Waals surface area contributed by atoms with Crippen molar-refractivity contribution in [3.63, 3.8) is 0 Å². The van der Waals surface area contributed by atoms with E-state index in [1.165, 1.54) is 24.3 Å². The largest absolute Gasteiger partial charge is 1.00 e. The quantitative estimate of drug-likeness (QED) is 0.182. The number of benzene rings is 3. The van der Waals surface area contributed by atoms with E-state index in [9.17, 15) is 18.7 Å². The number of β-lactam (4-membered cyclic amide) rings is 1. The summed E-state index contributed by atoms with van der Waals surface area (Å²) < 4.78 is 33.7. The molecule has 1 heterocycles. The summed E-state index contributed by atoms with van der Waals surface area (Å²) in [6, 6.07) is 19.3. The summed E-state index contributed by atoms with van der Waals surface area (Å²) in [6.07, 6.45) is 3.32. The highest BCUT2D eigenvalue weighted by Crippen LogP contribution is 2.46. The number of halogens is 3. The Morgan fingerprint density at radius 3 is 2.08 bits per heavy atom. The maximum Gasteiger partial charge on any atom is 0.233 e. The molecular weight excluding hydrogens is 578 g/mol. The molecule has 1 amide bonds. The van der Waals surface area contributed by atoms with E-state index in [0.717, 1.165) is 41.6 Å². The van der Waals surface area contributed by atoms with Gasteiger partial charge in [0, 0.05) is 5.69 Å². The molecule has 4 rings (SSSR count). The fourth-order valence-corrected chi connectivity index (χ4v) is 5.11. The molecule has 3 aromatic rings. The Morgan fingerprint density at radius 1 is 0.875 bits per heavy atom. The number of carbonyl (C=O) groups excluding carboxylic acids is 1. The van der Waals surface area contributed by atoms with Gasteiger partial charge in [-0.05, 0) is 91.8 Å². The number of hydrogen-bond donors (Lipinski definition) is 1. The van der Waals surface area contributed by atoms with Gasteiger partial charge in [-0.25, -0.2) is 8.78 Å². The number of hydrogen-bond acceptors (Lipinski definition) is 3. The zero-order valence-corrected chi connectivity index (χ0v) is 25.0. The van der Waals surface area contributed by atoms with E-state index in [1.807, 2.05) is 24.3 Å². The second-order valence-corrected chi connectivity index (χ2v) is 11.4. The van der Waals surface area contributed by atoms with Crippen LogP contribution in [0.4, 0.5) is 14.5 Å². The molecule has 1 N–H and O–H groups in total. The minimum absolute atomic E-state index is 0. The lowest BCUT2D eigenvalue weighted by molar-refractivity contribution is -0.870. The minimum atomic E-state index is -0.794. The number of anilines is 1. The van der Waals surface area contributed by atoms with Crippen LogP contribution in [0.5, 0.6) is 5.75 Å². The molecule has 8 heteroatoms. The summed E-state index contributed by atoms with van der Waals surface area (Å²) >= 11 is 0. The molecule has 216 valence electrons. The van der Waals surface area contributed by atoms with Crippen LogP contribution in [-0.2, 0) is 4.79 Å². The molecule has 0 radical (unpaired) electrons. The van der Waals surface area contributed by atoms with Crippen LogP contribution in [0.3, 0.4) is 0 Å². The van der Waals surface area contributed by atoms with Crippen molar-refractivity contribution in [2.45, 2.75) is 44.2 Å². The van der Waals surface area contributed by atoms with Crippen molar-refractivity contribution in [3.05, 3.63) is 95.6 Å². The van der Waals surface area contributed by atoms with Crippen molar-refractivity contribution in [3.8, 4) is 5.75 Å². The Bertz CT molecular complexity index is 1210. The summed E-state index contributed by atoms with van der Waals surface area (Å²) in [6.45, 7) is 1.80. The Morgan fingerprint density at radius 2 is 1.48 bits per heavy atom. The third-order valence-electron chi connectivity index (χ3n) is 7.29. The van der Waals surface area contributed by atoms with Gasteiger partial charge >= 0.3 is 0 Å². The summed E-state index contributed by atoms with van der Waals surface area (Å²) in [4.78, 5) is 14.9. The lowest BCUT2D eigenvalue weighted by atomic mass is 9.78. The fraction of sp³-hybridized carbons (Fsp3) is 0.406. The van der Waals surface area contributed by atoms with Crippen molar-refractivity contribution < 1.29 is 44.9 Å². The number of amides is 1. The highest BCUT2D eigenvalue weighted by Gasteiger charge is 2.48. The average molecular weight is 618 g/mol. The van der Waals surface area contributed by atoms with Gasteiger partial charge in [0.25, 0.3) is 0 Å². The second-order valence-electron chi connectivity index (χ2n) is 11.4. The van der Waals surface area contributed by atoms with E-state index in [0.29, 0.717) is 30.7 Å². The number of aliphatic hydroxyl groups excluding tert-OH is 1. The van der Waals surface area contributed by atoms with E-state index in [1.54, 1.807) is 29.2 Å². The Labute approximate surface area is 246 Å². The molecule has 1 fully saturated rings. The number of quaternary nitrogens is 1. The SMILES string of the molecule is C[N+](C)(C)CCCCCOc1ccc(C2C(CCC(O)c3ccc(F)cc3)C(=O)N2c2ccc(F)cc2)cc1.[Br-]. The lowest BCUT2D eigenvalue weighted by Gasteiger charge is -2.48. The first-order valence-corrected chi connectivity index (χ1v) is 13.7. The van der Waals surface area contributed by atoms with E-state index >= 15 is 0 Å².